The third-order valence-electron chi connectivity index (χ3n) is 5.54. The first-order valence-electron chi connectivity index (χ1n) is 10.0. The highest BCUT2D eigenvalue weighted by molar-refractivity contribution is 7.89. The van der Waals surface area contributed by atoms with Gasteiger partial charge in [0.05, 0.1) is 4.90 Å². The Balaban J connectivity index is 1.43. The molecule has 0 N–H and O–H groups in total. The van der Waals surface area contributed by atoms with Gasteiger partial charge < -0.3 is 4.52 Å². The van der Waals surface area contributed by atoms with Gasteiger partial charge in [0.1, 0.15) is 0 Å². The van der Waals surface area contributed by atoms with E-state index in [9.17, 15) is 8.42 Å². The van der Waals surface area contributed by atoms with Crippen molar-refractivity contribution in [2.75, 3.05) is 13.1 Å². The molecule has 2 heterocycles. The lowest BCUT2D eigenvalue weighted by atomic mass is 9.97. The number of sulfonamides is 1. The molecule has 158 valence electrons. The van der Waals surface area contributed by atoms with Crippen molar-refractivity contribution in [3.63, 3.8) is 0 Å². The molecule has 0 radical (unpaired) electrons. The van der Waals surface area contributed by atoms with Crippen molar-refractivity contribution in [3.8, 4) is 11.5 Å². The van der Waals surface area contributed by atoms with Crippen LogP contribution in [0.4, 0.5) is 0 Å². The lowest BCUT2D eigenvalue weighted by Gasteiger charge is -2.29. The number of hydrogen-bond acceptors (Lipinski definition) is 5. The number of piperidine rings is 1. The minimum Gasteiger partial charge on any atom is -0.334 e. The molecule has 4 rings (SSSR count). The fourth-order valence-electron chi connectivity index (χ4n) is 3.64. The molecule has 1 aliphatic rings. The topological polar surface area (TPSA) is 76.3 Å². The van der Waals surface area contributed by atoms with Crippen LogP contribution in [0.3, 0.4) is 0 Å². The quantitative estimate of drug-likeness (QED) is 0.547. The highest BCUT2D eigenvalue weighted by atomic mass is 35.5. The Kier molecular flexibility index (Phi) is 5.95. The molecular formula is C22H24ClN3O3S. The van der Waals surface area contributed by atoms with Crippen molar-refractivity contribution in [1.29, 1.82) is 0 Å². The Morgan fingerprint density at radius 2 is 1.67 bits per heavy atom. The van der Waals surface area contributed by atoms with Crippen LogP contribution in [0.5, 0.6) is 0 Å². The van der Waals surface area contributed by atoms with Crippen molar-refractivity contribution < 1.29 is 12.9 Å². The second-order valence-electron chi connectivity index (χ2n) is 7.87. The van der Waals surface area contributed by atoms with Crippen molar-refractivity contribution >= 4 is 21.6 Å². The molecule has 3 aromatic rings. The fourth-order valence-corrected chi connectivity index (χ4v) is 5.23. The van der Waals surface area contributed by atoms with Gasteiger partial charge in [0.15, 0.2) is 5.82 Å². The lowest BCUT2D eigenvalue weighted by Crippen LogP contribution is -2.38. The first-order chi connectivity index (χ1) is 14.3. The van der Waals surface area contributed by atoms with Crippen LogP contribution >= 0.6 is 11.6 Å². The minimum atomic E-state index is -3.50. The smallest absolute Gasteiger partial charge is 0.257 e. The second-order valence-corrected chi connectivity index (χ2v) is 10.2. The molecule has 1 saturated heterocycles. The summed E-state index contributed by atoms with van der Waals surface area (Å²) in [5, 5.41) is 4.77. The van der Waals surface area contributed by atoms with E-state index in [2.05, 4.69) is 24.0 Å². The van der Waals surface area contributed by atoms with Crippen LogP contribution in [0.2, 0.25) is 5.02 Å². The van der Waals surface area contributed by atoms with Gasteiger partial charge in [0.2, 0.25) is 10.0 Å². The summed E-state index contributed by atoms with van der Waals surface area (Å²) < 4.78 is 32.9. The molecule has 6 nitrogen and oxygen atoms in total. The zero-order valence-electron chi connectivity index (χ0n) is 17.0. The molecule has 0 atom stereocenters. The van der Waals surface area contributed by atoms with E-state index >= 15 is 0 Å². The molecule has 0 spiro atoms. The molecule has 2 aromatic carbocycles. The third kappa shape index (κ3) is 4.29. The van der Waals surface area contributed by atoms with E-state index in [1.807, 2.05) is 24.3 Å². The van der Waals surface area contributed by atoms with E-state index in [-0.39, 0.29) is 5.92 Å². The number of hydrogen-bond donors (Lipinski definition) is 0. The van der Waals surface area contributed by atoms with Gasteiger partial charge in [-0.3, -0.25) is 0 Å². The molecule has 1 aromatic heterocycles. The van der Waals surface area contributed by atoms with Gasteiger partial charge in [-0.25, -0.2) is 8.42 Å². The van der Waals surface area contributed by atoms with Crippen LogP contribution in [-0.4, -0.2) is 36.0 Å². The molecule has 0 aliphatic carbocycles. The maximum Gasteiger partial charge on any atom is 0.257 e. The normalized spacial score (nSPS) is 16.3. The molecule has 0 bridgehead atoms. The van der Waals surface area contributed by atoms with E-state index < -0.39 is 10.0 Å². The largest absolute Gasteiger partial charge is 0.334 e. The molecule has 0 saturated carbocycles. The highest BCUT2D eigenvalue weighted by Gasteiger charge is 2.32. The standard InChI is InChI=1S/C22H24ClN3O3S/c1-15(2)16-5-9-20(10-6-16)30(27,28)26-13-11-17(12-14-26)21-24-22(29-25-21)18-3-7-19(23)8-4-18/h3-10,15,17H,11-14H2,1-2H3. The molecule has 30 heavy (non-hydrogen) atoms. The van der Waals surface area contributed by atoms with Crippen LogP contribution in [0.1, 0.15) is 49.9 Å². The van der Waals surface area contributed by atoms with Crippen LogP contribution in [-0.2, 0) is 10.0 Å². The van der Waals surface area contributed by atoms with Crippen molar-refractivity contribution in [1.82, 2.24) is 14.4 Å². The average molecular weight is 446 g/mol. The zero-order valence-corrected chi connectivity index (χ0v) is 18.5. The van der Waals surface area contributed by atoms with E-state index in [0.29, 0.717) is 53.5 Å². The molecular weight excluding hydrogens is 422 g/mol. The first-order valence-corrected chi connectivity index (χ1v) is 11.9. The second kappa shape index (κ2) is 8.49. The summed E-state index contributed by atoms with van der Waals surface area (Å²) in [5.74, 6) is 1.51. The summed E-state index contributed by atoms with van der Waals surface area (Å²) in [6, 6.07) is 14.4. The number of aromatic nitrogens is 2. The van der Waals surface area contributed by atoms with E-state index in [1.54, 1.807) is 28.6 Å². The van der Waals surface area contributed by atoms with Crippen LogP contribution in [0.25, 0.3) is 11.5 Å². The van der Waals surface area contributed by atoms with Crippen molar-refractivity contribution in [3.05, 3.63) is 64.9 Å². The zero-order chi connectivity index (χ0) is 21.3. The Hall–Kier alpha value is -2.22. The maximum atomic E-state index is 13.0. The predicted molar refractivity (Wildman–Crippen MR) is 116 cm³/mol. The molecule has 0 amide bonds. The average Bonchev–Trinajstić information content (AvgIpc) is 3.25. The number of halogens is 1. The SMILES string of the molecule is CC(C)c1ccc(S(=O)(=O)N2CCC(c3noc(-c4ccc(Cl)cc4)n3)CC2)cc1. The summed E-state index contributed by atoms with van der Waals surface area (Å²) >= 11 is 5.92. The Morgan fingerprint density at radius 1 is 1.03 bits per heavy atom. The third-order valence-corrected chi connectivity index (χ3v) is 7.70. The Morgan fingerprint density at radius 3 is 2.27 bits per heavy atom. The van der Waals surface area contributed by atoms with Gasteiger partial charge in [-0.1, -0.05) is 42.7 Å². The van der Waals surface area contributed by atoms with Gasteiger partial charge in [-0.05, 0) is 60.7 Å². The number of rotatable bonds is 5. The predicted octanol–water partition coefficient (Wildman–Crippen LogP) is 5.08. The van der Waals surface area contributed by atoms with Gasteiger partial charge >= 0.3 is 0 Å². The molecule has 0 unspecified atom stereocenters. The van der Waals surface area contributed by atoms with E-state index in [0.717, 1.165) is 11.1 Å². The Bertz CT molecular complexity index is 1100. The summed E-state index contributed by atoms with van der Waals surface area (Å²) in [6.07, 6.45) is 1.31. The van der Waals surface area contributed by atoms with Crippen molar-refractivity contribution in [2.24, 2.45) is 0 Å². The lowest BCUT2D eigenvalue weighted by molar-refractivity contribution is 0.307. The fraction of sp³-hybridized carbons (Fsp3) is 0.364. The summed E-state index contributed by atoms with van der Waals surface area (Å²) in [5.41, 5.74) is 1.93. The molecule has 1 fully saturated rings. The summed E-state index contributed by atoms with van der Waals surface area (Å²) in [6.45, 7) is 5.04. The molecule has 1 aliphatic heterocycles. The maximum absolute atomic E-state index is 13.0. The van der Waals surface area contributed by atoms with Gasteiger partial charge in [0, 0.05) is 29.6 Å². The van der Waals surface area contributed by atoms with Crippen LogP contribution in [0, 0.1) is 0 Å². The molecule has 8 heteroatoms. The van der Waals surface area contributed by atoms with Crippen molar-refractivity contribution in [2.45, 2.75) is 43.4 Å². The summed E-state index contributed by atoms with van der Waals surface area (Å²) in [4.78, 5) is 4.86. The number of benzene rings is 2. The minimum absolute atomic E-state index is 0.0737. The van der Waals surface area contributed by atoms with Gasteiger partial charge in [-0.2, -0.15) is 9.29 Å². The van der Waals surface area contributed by atoms with Gasteiger partial charge in [-0.15, -0.1) is 0 Å². The van der Waals surface area contributed by atoms with Crippen LogP contribution in [0.15, 0.2) is 57.9 Å². The van der Waals surface area contributed by atoms with Gasteiger partial charge in [0.25, 0.3) is 5.89 Å². The number of nitrogens with zero attached hydrogens (tertiary/aromatic N) is 3. The Labute approximate surface area is 181 Å². The van der Waals surface area contributed by atoms with E-state index in [1.165, 1.54) is 0 Å². The van der Waals surface area contributed by atoms with E-state index in [4.69, 9.17) is 16.1 Å². The highest BCUT2D eigenvalue weighted by Crippen LogP contribution is 2.31. The summed E-state index contributed by atoms with van der Waals surface area (Å²) in [7, 11) is -3.50. The first kappa shape index (κ1) is 21.0. The monoisotopic (exact) mass is 445 g/mol. The van der Waals surface area contributed by atoms with Crippen LogP contribution < -0.4 is 0 Å².